The van der Waals surface area contributed by atoms with Gasteiger partial charge in [-0.05, 0) is 12.1 Å². The number of rotatable bonds is 5. The highest BCUT2D eigenvalue weighted by Crippen LogP contribution is 2.32. The fourth-order valence-corrected chi connectivity index (χ4v) is 2.43. The van der Waals surface area contributed by atoms with Crippen molar-refractivity contribution in [3.05, 3.63) is 24.3 Å². The predicted molar refractivity (Wildman–Crippen MR) is 87.0 cm³/mol. The van der Waals surface area contributed by atoms with Crippen LogP contribution in [0, 0.1) is 5.92 Å². The third-order valence-corrected chi connectivity index (χ3v) is 3.66. The fraction of sp³-hybridized carbons (Fsp3) is 0.375. The lowest BCUT2D eigenvalue weighted by Gasteiger charge is -2.19. The molecule has 1 aliphatic rings. The van der Waals surface area contributed by atoms with Gasteiger partial charge in [-0.2, -0.15) is 0 Å². The summed E-state index contributed by atoms with van der Waals surface area (Å²) >= 11 is 0. The van der Waals surface area contributed by atoms with Crippen LogP contribution in [0.25, 0.3) is 0 Å². The number of ether oxygens (including phenoxy) is 2. The van der Waals surface area contributed by atoms with E-state index in [1.54, 1.807) is 24.3 Å². The van der Waals surface area contributed by atoms with Crippen LogP contribution in [-0.2, 0) is 19.1 Å². The van der Waals surface area contributed by atoms with Crippen LogP contribution in [0.5, 0.6) is 5.75 Å². The third-order valence-electron chi connectivity index (χ3n) is 3.66. The molecule has 0 radical (unpaired) electrons. The number of urea groups is 1. The molecule has 134 valence electrons. The Bertz CT molecular complexity index is 690. The average molecular weight is 349 g/mol. The van der Waals surface area contributed by atoms with Crippen molar-refractivity contribution in [2.75, 3.05) is 32.2 Å². The first-order chi connectivity index (χ1) is 12.0. The maximum atomic E-state index is 12.2. The van der Waals surface area contributed by atoms with E-state index in [0.29, 0.717) is 11.4 Å². The van der Waals surface area contributed by atoms with E-state index < -0.39 is 30.4 Å². The van der Waals surface area contributed by atoms with E-state index in [0.717, 1.165) is 0 Å². The number of nitrogens with one attached hydrogen (secondary N) is 2. The largest absolute Gasteiger partial charge is 0.495 e. The van der Waals surface area contributed by atoms with Crippen molar-refractivity contribution < 1.29 is 28.7 Å². The number of anilines is 1. The summed E-state index contributed by atoms with van der Waals surface area (Å²) in [5, 5.41) is 4.18. The Morgan fingerprint density at radius 2 is 2.00 bits per heavy atom. The maximum absolute atomic E-state index is 12.2. The molecule has 0 saturated carbocycles. The number of amides is 4. The Kier molecular flexibility index (Phi) is 5.93. The van der Waals surface area contributed by atoms with Crippen LogP contribution >= 0.6 is 0 Å². The second kappa shape index (κ2) is 8.13. The number of para-hydroxylation sites is 2. The molecule has 1 fully saturated rings. The van der Waals surface area contributed by atoms with Gasteiger partial charge in [-0.25, -0.2) is 4.79 Å². The molecule has 4 amide bonds. The number of esters is 1. The van der Waals surface area contributed by atoms with Crippen molar-refractivity contribution in [3.63, 3.8) is 0 Å². The molecule has 0 aromatic heterocycles. The standard InChI is InChI=1S/C16H19N3O6/c1-17-16(23)18-13(20)9-25-15(22)10-7-14(21)19(8-10)11-5-3-4-6-12(11)24-2/h3-6,10H,7-9H2,1-2H3,(H2,17,18,20,23)/t10-/m0/s1. The lowest BCUT2D eigenvalue weighted by molar-refractivity contribution is -0.152. The second-order valence-corrected chi connectivity index (χ2v) is 5.31. The number of carbonyl (C=O) groups excluding carboxylic acids is 4. The zero-order valence-corrected chi connectivity index (χ0v) is 13.9. The molecule has 0 bridgehead atoms. The molecule has 2 N–H and O–H groups in total. The van der Waals surface area contributed by atoms with Gasteiger partial charge in [0, 0.05) is 20.0 Å². The van der Waals surface area contributed by atoms with Gasteiger partial charge < -0.3 is 19.7 Å². The molecule has 9 nitrogen and oxygen atoms in total. The van der Waals surface area contributed by atoms with Gasteiger partial charge in [0.25, 0.3) is 5.91 Å². The summed E-state index contributed by atoms with van der Waals surface area (Å²) in [6.07, 6.45) is -0.0199. The van der Waals surface area contributed by atoms with Gasteiger partial charge in [0.2, 0.25) is 5.91 Å². The highest BCUT2D eigenvalue weighted by atomic mass is 16.5. The summed E-state index contributed by atoms with van der Waals surface area (Å²) in [6, 6.07) is 6.29. The van der Waals surface area contributed by atoms with E-state index in [1.807, 2.05) is 5.32 Å². The van der Waals surface area contributed by atoms with Crippen LogP contribution in [-0.4, -0.2) is 51.1 Å². The molecule has 9 heteroatoms. The summed E-state index contributed by atoms with van der Waals surface area (Å²) in [6.45, 7) is -0.458. The molecule has 2 rings (SSSR count). The molecule has 1 heterocycles. The van der Waals surface area contributed by atoms with Gasteiger partial charge in [-0.1, -0.05) is 12.1 Å². The van der Waals surface area contributed by atoms with Crippen molar-refractivity contribution >= 4 is 29.5 Å². The fourth-order valence-electron chi connectivity index (χ4n) is 2.43. The van der Waals surface area contributed by atoms with E-state index in [-0.39, 0.29) is 18.9 Å². The number of hydrogen-bond donors (Lipinski definition) is 2. The van der Waals surface area contributed by atoms with Gasteiger partial charge >= 0.3 is 12.0 Å². The molecular formula is C16H19N3O6. The van der Waals surface area contributed by atoms with Gasteiger partial charge in [-0.15, -0.1) is 0 Å². The summed E-state index contributed by atoms with van der Waals surface area (Å²) in [5.41, 5.74) is 0.572. The van der Waals surface area contributed by atoms with Crippen LogP contribution < -0.4 is 20.3 Å². The molecule has 1 atom stereocenters. The zero-order chi connectivity index (χ0) is 18.4. The molecule has 0 unspecified atom stereocenters. The maximum Gasteiger partial charge on any atom is 0.321 e. The summed E-state index contributed by atoms with van der Waals surface area (Å²) in [5.74, 6) is -1.82. The lowest BCUT2D eigenvalue weighted by Crippen LogP contribution is -2.40. The second-order valence-electron chi connectivity index (χ2n) is 5.31. The number of methoxy groups -OCH3 is 1. The minimum atomic E-state index is -0.751. The van der Waals surface area contributed by atoms with Crippen LogP contribution in [0.2, 0.25) is 0 Å². The number of nitrogens with zero attached hydrogens (tertiary/aromatic N) is 1. The van der Waals surface area contributed by atoms with E-state index >= 15 is 0 Å². The van der Waals surface area contributed by atoms with Crippen molar-refractivity contribution in [3.8, 4) is 5.75 Å². The Hall–Kier alpha value is -3.10. The Morgan fingerprint density at radius 1 is 1.28 bits per heavy atom. The minimum absolute atomic E-state index is 0.0199. The molecule has 1 aromatic rings. The number of hydrogen-bond acceptors (Lipinski definition) is 6. The van der Waals surface area contributed by atoms with Gasteiger partial charge in [0.05, 0.1) is 18.7 Å². The van der Waals surface area contributed by atoms with Crippen LogP contribution in [0.1, 0.15) is 6.42 Å². The van der Waals surface area contributed by atoms with Crippen molar-refractivity contribution in [1.82, 2.24) is 10.6 Å². The first kappa shape index (κ1) is 18.2. The van der Waals surface area contributed by atoms with Crippen LogP contribution in [0.3, 0.4) is 0 Å². The molecule has 1 aromatic carbocycles. The number of imide groups is 1. The number of carbonyl (C=O) groups is 4. The first-order valence-corrected chi connectivity index (χ1v) is 7.57. The topological polar surface area (TPSA) is 114 Å². The molecular weight excluding hydrogens is 330 g/mol. The molecule has 0 aliphatic carbocycles. The molecule has 0 spiro atoms. The monoisotopic (exact) mass is 349 g/mol. The Morgan fingerprint density at radius 3 is 2.68 bits per heavy atom. The summed E-state index contributed by atoms with van der Waals surface area (Å²) in [4.78, 5) is 48.1. The van der Waals surface area contributed by atoms with E-state index in [2.05, 4.69) is 5.32 Å². The molecule has 1 saturated heterocycles. The lowest BCUT2D eigenvalue weighted by atomic mass is 10.1. The van der Waals surface area contributed by atoms with E-state index in [9.17, 15) is 19.2 Å². The first-order valence-electron chi connectivity index (χ1n) is 7.57. The normalized spacial score (nSPS) is 16.3. The molecule has 1 aliphatic heterocycles. The smallest absolute Gasteiger partial charge is 0.321 e. The van der Waals surface area contributed by atoms with E-state index in [4.69, 9.17) is 9.47 Å². The predicted octanol–water partition coefficient (Wildman–Crippen LogP) is 0.0469. The van der Waals surface area contributed by atoms with Crippen molar-refractivity contribution in [1.29, 1.82) is 0 Å². The summed E-state index contributed by atoms with van der Waals surface area (Å²) < 4.78 is 10.1. The quantitative estimate of drug-likeness (QED) is 0.726. The SMILES string of the molecule is CNC(=O)NC(=O)COC(=O)[C@H]1CC(=O)N(c2ccccc2OC)C1. The van der Waals surface area contributed by atoms with E-state index in [1.165, 1.54) is 19.1 Å². The zero-order valence-electron chi connectivity index (χ0n) is 13.9. The highest BCUT2D eigenvalue weighted by Gasteiger charge is 2.37. The minimum Gasteiger partial charge on any atom is -0.495 e. The Balaban J connectivity index is 1.94. The van der Waals surface area contributed by atoms with Crippen LogP contribution in [0.4, 0.5) is 10.5 Å². The van der Waals surface area contributed by atoms with Gasteiger partial charge in [0.15, 0.2) is 6.61 Å². The summed E-state index contributed by atoms with van der Waals surface area (Å²) in [7, 11) is 2.85. The van der Waals surface area contributed by atoms with Gasteiger partial charge in [0.1, 0.15) is 5.75 Å². The average Bonchev–Trinajstić information content (AvgIpc) is 3.01. The van der Waals surface area contributed by atoms with Crippen molar-refractivity contribution in [2.45, 2.75) is 6.42 Å². The van der Waals surface area contributed by atoms with Gasteiger partial charge in [-0.3, -0.25) is 19.7 Å². The highest BCUT2D eigenvalue weighted by molar-refractivity contribution is 6.01. The van der Waals surface area contributed by atoms with Crippen molar-refractivity contribution in [2.24, 2.45) is 5.92 Å². The van der Waals surface area contributed by atoms with Crippen LogP contribution in [0.15, 0.2) is 24.3 Å². The molecule has 25 heavy (non-hydrogen) atoms. The number of benzene rings is 1. The Labute approximate surface area is 144 Å². The third kappa shape index (κ3) is 4.46.